The highest BCUT2D eigenvalue weighted by Gasteiger charge is 2.09. The summed E-state index contributed by atoms with van der Waals surface area (Å²) in [5.74, 6) is 0.876. The van der Waals surface area contributed by atoms with Gasteiger partial charge in [-0.25, -0.2) is 0 Å². The maximum Gasteiger partial charge on any atom is 0.121 e. The molecule has 0 saturated heterocycles. The third kappa shape index (κ3) is 2.05. The van der Waals surface area contributed by atoms with Gasteiger partial charge in [-0.15, -0.1) is 0 Å². The maximum absolute atomic E-state index is 8.92. The maximum atomic E-state index is 8.92. The minimum Gasteiger partial charge on any atom is -0.496 e. The normalized spacial score (nSPS) is 11.9. The molecule has 0 bridgehead atoms. The van der Waals surface area contributed by atoms with Gasteiger partial charge < -0.3 is 4.74 Å². The van der Waals surface area contributed by atoms with Crippen LogP contribution in [0.25, 0.3) is 0 Å². The zero-order valence-corrected chi connectivity index (χ0v) is 8.87. The number of hydrogen-bond donors (Lipinski definition) is 0. The van der Waals surface area contributed by atoms with E-state index in [0.717, 1.165) is 23.3 Å². The molecular weight excluding hydrogens is 174 g/mol. The van der Waals surface area contributed by atoms with E-state index < -0.39 is 0 Å². The summed E-state index contributed by atoms with van der Waals surface area (Å²) in [4.78, 5) is 0. The van der Waals surface area contributed by atoms with Crippen molar-refractivity contribution >= 4 is 0 Å². The molecule has 1 aromatic rings. The summed E-state index contributed by atoms with van der Waals surface area (Å²) in [6.45, 7) is 4.01. The summed E-state index contributed by atoms with van der Waals surface area (Å²) in [5.41, 5.74) is 2.16. The summed E-state index contributed by atoms with van der Waals surface area (Å²) in [6.07, 6.45) is 0.849. The van der Waals surface area contributed by atoms with Crippen molar-refractivity contribution < 1.29 is 4.74 Å². The van der Waals surface area contributed by atoms with Crippen LogP contribution >= 0.6 is 0 Å². The Morgan fingerprint density at radius 2 is 2.21 bits per heavy atom. The van der Waals surface area contributed by atoms with E-state index in [9.17, 15) is 0 Å². The van der Waals surface area contributed by atoms with E-state index in [1.54, 1.807) is 7.11 Å². The number of nitrogens with zero attached hydrogens (tertiary/aromatic N) is 1. The highest BCUT2D eigenvalue weighted by Crippen LogP contribution is 2.24. The van der Waals surface area contributed by atoms with Gasteiger partial charge in [0.2, 0.25) is 0 Å². The zero-order chi connectivity index (χ0) is 10.6. The van der Waals surface area contributed by atoms with Crippen molar-refractivity contribution in [2.75, 3.05) is 7.11 Å². The van der Waals surface area contributed by atoms with E-state index in [2.05, 4.69) is 6.07 Å². The first-order valence-electron chi connectivity index (χ1n) is 4.77. The number of rotatable bonds is 3. The molecule has 0 aliphatic heterocycles. The van der Waals surface area contributed by atoms with Crippen molar-refractivity contribution in [2.24, 2.45) is 0 Å². The summed E-state index contributed by atoms with van der Waals surface area (Å²) >= 11 is 0. The van der Waals surface area contributed by atoms with Crippen LogP contribution in [0.5, 0.6) is 5.75 Å². The second-order valence-corrected chi connectivity index (χ2v) is 3.32. The topological polar surface area (TPSA) is 33.0 Å². The zero-order valence-electron chi connectivity index (χ0n) is 8.87. The van der Waals surface area contributed by atoms with Gasteiger partial charge in [0.1, 0.15) is 5.75 Å². The highest BCUT2D eigenvalue weighted by molar-refractivity contribution is 5.38. The van der Waals surface area contributed by atoms with Crippen LogP contribution in [0.3, 0.4) is 0 Å². The van der Waals surface area contributed by atoms with E-state index in [-0.39, 0.29) is 5.92 Å². The van der Waals surface area contributed by atoms with Crippen LogP contribution in [0.4, 0.5) is 0 Å². The number of aryl methyl sites for hydroxylation is 1. The molecule has 0 amide bonds. The van der Waals surface area contributed by atoms with Gasteiger partial charge in [-0.05, 0) is 30.5 Å². The van der Waals surface area contributed by atoms with Gasteiger partial charge in [0, 0.05) is 0 Å². The van der Waals surface area contributed by atoms with Crippen LogP contribution in [-0.4, -0.2) is 7.11 Å². The Balaban J connectivity index is 3.03. The standard InChI is InChI=1S/C12H15NO/c1-4-10(8-13)11-5-6-12(14-3)9(2)7-11/h5-7,10H,4H2,1-3H3. The van der Waals surface area contributed by atoms with Crippen LogP contribution in [0.2, 0.25) is 0 Å². The van der Waals surface area contributed by atoms with Crippen molar-refractivity contribution in [3.63, 3.8) is 0 Å². The summed E-state index contributed by atoms with van der Waals surface area (Å²) in [7, 11) is 1.66. The van der Waals surface area contributed by atoms with Gasteiger partial charge in [-0.2, -0.15) is 5.26 Å². The van der Waals surface area contributed by atoms with E-state index in [1.165, 1.54) is 0 Å². The largest absolute Gasteiger partial charge is 0.496 e. The van der Waals surface area contributed by atoms with Crippen LogP contribution in [-0.2, 0) is 0 Å². The van der Waals surface area contributed by atoms with Crippen molar-refractivity contribution in [2.45, 2.75) is 26.2 Å². The second kappa shape index (κ2) is 4.66. The third-order valence-corrected chi connectivity index (χ3v) is 2.39. The predicted molar refractivity (Wildman–Crippen MR) is 56.4 cm³/mol. The molecule has 0 radical (unpaired) electrons. The van der Waals surface area contributed by atoms with E-state index in [1.807, 2.05) is 32.0 Å². The lowest BCUT2D eigenvalue weighted by Crippen LogP contribution is -1.95. The highest BCUT2D eigenvalue weighted by atomic mass is 16.5. The van der Waals surface area contributed by atoms with Crippen LogP contribution in [0, 0.1) is 18.3 Å². The van der Waals surface area contributed by atoms with Crippen molar-refractivity contribution in [1.29, 1.82) is 5.26 Å². The molecular formula is C12H15NO. The third-order valence-electron chi connectivity index (χ3n) is 2.39. The SMILES string of the molecule is CCC(C#N)c1ccc(OC)c(C)c1. The molecule has 1 rings (SSSR count). The molecule has 74 valence electrons. The van der Waals surface area contributed by atoms with Gasteiger partial charge in [0.15, 0.2) is 0 Å². The number of ether oxygens (including phenoxy) is 1. The van der Waals surface area contributed by atoms with Crippen LogP contribution in [0.1, 0.15) is 30.4 Å². The Kier molecular flexibility index (Phi) is 3.53. The first-order chi connectivity index (χ1) is 6.72. The molecule has 14 heavy (non-hydrogen) atoms. The predicted octanol–water partition coefficient (Wildman–Crippen LogP) is 3.02. The first-order valence-corrected chi connectivity index (χ1v) is 4.77. The number of benzene rings is 1. The lowest BCUT2D eigenvalue weighted by atomic mass is 9.96. The lowest BCUT2D eigenvalue weighted by molar-refractivity contribution is 0.411. The van der Waals surface area contributed by atoms with Crippen molar-refractivity contribution in [1.82, 2.24) is 0 Å². The molecule has 0 saturated carbocycles. The summed E-state index contributed by atoms with van der Waals surface area (Å²) in [5, 5.41) is 8.92. The second-order valence-electron chi connectivity index (χ2n) is 3.32. The molecule has 1 unspecified atom stereocenters. The Labute approximate surface area is 85.1 Å². The summed E-state index contributed by atoms with van der Waals surface area (Å²) in [6, 6.07) is 8.20. The number of hydrogen-bond acceptors (Lipinski definition) is 2. The Hall–Kier alpha value is -1.49. The Bertz CT molecular complexity index is 352. The monoisotopic (exact) mass is 189 g/mol. The molecule has 0 heterocycles. The minimum atomic E-state index is -0.000365. The van der Waals surface area contributed by atoms with Crippen molar-refractivity contribution in [3.05, 3.63) is 29.3 Å². The molecule has 0 aliphatic carbocycles. The van der Waals surface area contributed by atoms with Crippen molar-refractivity contribution in [3.8, 4) is 11.8 Å². The average molecular weight is 189 g/mol. The van der Waals surface area contributed by atoms with Gasteiger partial charge in [0.05, 0.1) is 19.1 Å². The van der Waals surface area contributed by atoms with E-state index >= 15 is 0 Å². The molecule has 0 spiro atoms. The fourth-order valence-corrected chi connectivity index (χ4v) is 1.52. The fourth-order valence-electron chi connectivity index (χ4n) is 1.52. The Morgan fingerprint density at radius 1 is 1.50 bits per heavy atom. The average Bonchev–Trinajstić information content (AvgIpc) is 2.20. The smallest absolute Gasteiger partial charge is 0.121 e. The van der Waals surface area contributed by atoms with E-state index in [4.69, 9.17) is 10.00 Å². The fraction of sp³-hybridized carbons (Fsp3) is 0.417. The molecule has 2 heteroatoms. The summed E-state index contributed by atoms with van der Waals surface area (Å²) < 4.78 is 5.16. The molecule has 0 fully saturated rings. The molecule has 0 N–H and O–H groups in total. The van der Waals surface area contributed by atoms with Gasteiger partial charge in [-0.1, -0.05) is 19.1 Å². The molecule has 1 aromatic carbocycles. The molecule has 0 aliphatic rings. The Morgan fingerprint density at radius 3 is 2.64 bits per heavy atom. The minimum absolute atomic E-state index is 0.000365. The van der Waals surface area contributed by atoms with Crippen LogP contribution < -0.4 is 4.74 Å². The lowest BCUT2D eigenvalue weighted by Gasteiger charge is -2.10. The van der Waals surface area contributed by atoms with Gasteiger partial charge in [-0.3, -0.25) is 0 Å². The molecule has 1 atom stereocenters. The van der Waals surface area contributed by atoms with Gasteiger partial charge in [0.25, 0.3) is 0 Å². The number of nitriles is 1. The molecule has 0 aromatic heterocycles. The first kappa shape index (κ1) is 10.6. The van der Waals surface area contributed by atoms with E-state index in [0.29, 0.717) is 0 Å². The quantitative estimate of drug-likeness (QED) is 0.732. The number of methoxy groups -OCH3 is 1. The van der Waals surface area contributed by atoms with Crippen LogP contribution in [0.15, 0.2) is 18.2 Å². The molecule has 2 nitrogen and oxygen atoms in total. The van der Waals surface area contributed by atoms with Gasteiger partial charge >= 0.3 is 0 Å².